The Morgan fingerprint density at radius 1 is 0.970 bits per heavy atom. The number of hydrogen-bond acceptors (Lipinski definition) is 5. The number of anilines is 1. The predicted molar refractivity (Wildman–Crippen MR) is 123 cm³/mol. The first-order valence-electron chi connectivity index (χ1n) is 10.9. The molecule has 10 heteroatoms. The number of H-pyrrole nitrogens is 1. The Labute approximate surface area is 190 Å². The van der Waals surface area contributed by atoms with Gasteiger partial charge in [-0.15, -0.1) is 10.2 Å². The fourth-order valence-electron chi connectivity index (χ4n) is 3.97. The number of amides is 3. The number of likely N-dealkylation sites (tertiary alicyclic amines) is 1. The van der Waals surface area contributed by atoms with Crippen LogP contribution in [0.1, 0.15) is 34.5 Å². The molecule has 1 aliphatic heterocycles. The summed E-state index contributed by atoms with van der Waals surface area (Å²) in [5.41, 5.74) is 4.29. The van der Waals surface area contributed by atoms with Crippen molar-refractivity contribution < 1.29 is 9.59 Å². The summed E-state index contributed by atoms with van der Waals surface area (Å²) < 4.78 is 2.11. The first kappa shape index (κ1) is 20.7. The highest BCUT2D eigenvalue weighted by Crippen LogP contribution is 2.16. The minimum absolute atomic E-state index is 0.128. The van der Waals surface area contributed by atoms with Crippen LogP contribution in [0.3, 0.4) is 0 Å². The maximum atomic E-state index is 12.5. The van der Waals surface area contributed by atoms with Gasteiger partial charge in [-0.05, 0) is 36.1 Å². The number of rotatable bonds is 6. The molecule has 3 amide bonds. The molecule has 5 rings (SSSR count). The van der Waals surface area contributed by atoms with Crippen LogP contribution < -0.4 is 10.6 Å². The van der Waals surface area contributed by atoms with Gasteiger partial charge in [0.25, 0.3) is 5.91 Å². The number of benzene rings is 2. The SMILES string of the molecule is O=C(NCc1ccc(Cn2cnc3ccccc32)cc1)Nc1n[nH]nc1C(=O)N1CCCC1. The Hall–Kier alpha value is -4.21. The molecule has 10 nitrogen and oxygen atoms in total. The third-order valence-electron chi connectivity index (χ3n) is 5.73. The molecule has 0 unspecified atom stereocenters. The first-order valence-corrected chi connectivity index (χ1v) is 10.9. The topological polar surface area (TPSA) is 121 Å². The number of nitrogens with one attached hydrogen (secondary N) is 3. The molecule has 2 aromatic carbocycles. The second-order valence-corrected chi connectivity index (χ2v) is 8.01. The van der Waals surface area contributed by atoms with E-state index >= 15 is 0 Å². The molecule has 1 aliphatic rings. The number of urea groups is 1. The molecule has 0 bridgehead atoms. The highest BCUT2D eigenvalue weighted by Gasteiger charge is 2.25. The first-order chi connectivity index (χ1) is 16.2. The lowest BCUT2D eigenvalue weighted by Crippen LogP contribution is -2.31. The maximum Gasteiger partial charge on any atom is 0.320 e. The van der Waals surface area contributed by atoms with Crippen LogP contribution in [-0.2, 0) is 13.1 Å². The normalized spacial score (nSPS) is 13.4. The Bertz CT molecular complexity index is 1270. The van der Waals surface area contributed by atoms with E-state index in [9.17, 15) is 9.59 Å². The van der Waals surface area contributed by atoms with Crippen molar-refractivity contribution in [2.75, 3.05) is 18.4 Å². The van der Waals surface area contributed by atoms with Crippen LogP contribution in [0.15, 0.2) is 54.9 Å². The van der Waals surface area contributed by atoms with E-state index in [1.165, 1.54) is 0 Å². The van der Waals surface area contributed by atoms with Crippen molar-refractivity contribution in [2.45, 2.75) is 25.9 Å². The van der Waals surface area contributed by atoms with E-state index in [-0.39, 0.29) is 17.4 Å². The predicted octanol–water partition coefficient (Wildman–Crippen LogP) is 2.76. The van der Waals surface area contributed by atoms with Crippen LogP contribution >= 0.6 is 0 Å². The van der Waals surface area contributed by atoms with Crippen molar-refractivity contribution >= 4 is 28.8 Å². The van der Waals surface area contributed by atoms with Crippen molar-refractivity contribution in [1.29, 1.82) is 0 Å². The van der Waals surface area contributed by atoms with Gasteiger partial charge in [-0.2, -0.15) is 5.21 Å². The van der Waals surface area contributed by atoms with Gasteiger partial charge >= 0.3 is 6.03 Å². The van der Waals surface area contributed by atoms with Crippen LogP contribution in [0.4, 0.5) is 10.6 Å². The summed E-state index contributed by atoms with van der Waals surface area (Å²) in [5, 5.41) is 15.6. The molecule has 0 saturated carbocycles. The zero-order valence-corrected chi connectivity index (χ0v) is 18.0. The highest BCUT2D eigenvalue weighted by atomic mass is 16.2. The summed E-state index contributed by atoms with van der Waals surface area (Å²) in [6, 6.07) is 15.6. The van der Waals surface area contributed by atoms with E-state index in [2.05, 4.69) is 41.7 Å². The van der Waals surface area contributed by atoms with Crippen molar-refractivity contribution in [3.63, 3.8) is 0 Å². The fraction of sp³-hybridized carbons (Fsp3) is 0.261. The highest BCUT2D eigenvalue weighted by molar-refractivity contribution is 6.00. The number of aromatic nitrogens is 5. The summed E-state index contributed by atoms with van der Waals surface area (Å²) >= 11 is 0. The number of aromatic amines is 1. The van der Waals surface area contributed by atoms with E-state index < -0.39 is 6.03 Å². The average molecular weight is 444 g/mol. The van der Waals surface area contributed by atoms with Crippen LogP contribution in [0.2, 0.25) is 0 Å². The molecule has 4 aromatic rings. The quantitative estimate of drug-likeness (QED) is 0.422. The number of nitrogens with zero attached hydrogens (tertiary/aromatic N) is 5. The smallest absolute Gasteiger partial charge is 0.320 e. The van der Waals surface area contributed by atoms with E-state index in [0.717, 1.165) is 35.0 Å². The number of carbonyl (C=O) groups is 2. The summed E-state index contributed by atoms with van der Waals surface area (Å²) in [6.45, 7) is 2.46. The van der Waals surface area contributed by atoms with Gasteiger partial charge in [0.15, 0.2) is 11.5 Å². The van der Waals surface area contributed by atoms with Crippen molar-refractivity contribution in [2.24, 2.45) is 0 Å². The molecule has 2 aromatic heterocycles. The van der Waals surface area contributed by atoms with Gasteiger partial charge in [-0.3, -0.25) is 10.1 Å². The fourth-order valence-corrected chi connectivity index (χ4v) is 3.97. The second kappa shape index (κ2) is 9.11. The minimum Gasteiger partial charge on any atom is -0.337 e. The van der Waals surface area contributed by atoms with Gasteiger partial charge in [-0.1, -0.05) is 36.4 Å². The standard InChI is InChI=1S/C23H24N8O2/c32-22(30-11-3-4-12-30)20-21(28-29-27-20)26-23(33)24-13-16-7-9-17(10-8-16)14-31-15-25-18-5-1-2-6-19(18)31/h1-2,5-10,15H,3-4,11-14H2,(H3,24,26,27,28,29,33). The monoisotopic (exact) mass is 444 g/mol. The van der Waals surface area contributed by atoms with E-state index in [1.54, 1.807) is 4.90 Å². The maximum absolute atomic E-state index is 12.5. The van der Waals surface area contributed by atoms with Gasteiger partial charge in [0.1, 0.15) is 0 Å². The Morgan fingerprint density at radius 2 is 1.73 bits per heavy atom. The second-order valence-electron chi connectivity index (χ2n) is 8.01. The lowest BCUT2D eigenvalue weighted by atomic mass is 10.1. The lowest BCUT2D eigenvalue weighted by Gasteiger charge is -2.14. The van der Waals surface area contributed by atoms with Crippen molar-refractivity contribution in [3.8, 4) is 0 Å². The van der Waals surface area contributed by atoms with Crippen LogP contribution in [0, 0.1) is 0 Å². The van der Waals surface area contributed by atoms with Crippen LogP contribution in [0.25, 0.3) is 11.0 Å². The number of imidazole rings is 1. The lowest BCUT2D eigenvalue weighted by molar-refractivity contribution is 0.0788. The molecule has 3 heterocycles. The molecule has 0 aliphatic carbocycles. The molecule has 33 heavy (non-hydrogen) atoms. The summed E-state index contributed by atoms with van der Waals surface area (Å²) in [6.07, 6.45) is 3.80. The minimum atomic E-state index is -0.451. The molecular formula is C23H24N8O2. The van der Waals surface area contributed by atoms with Crippen LogP contribution in [-0.4, -0.2) is 54.9 Å². The third-order valence-corrected chi connectivity index (χ3v) is 5.73. The molecule has 1 saturated heterocycles. The van der Waals surface area contributed by atoms with Gasteiger partial charge < -0.3 is 14.8 Å². The van der Waals surface area contributed by atoms with Gasteiger partial charge in [0, 0.05) is 26.2 Å². The zero-order chi connectivity index (χ0) is 22.6. The molecule has 0 atom stereocenters. The van der Waals surface area contributed by atoms with E-state index in [0.29, 0.717) is 26.2 Å². The van der Waals surface area contributed by atoms with Gasteiger partial charge in [0.05, 0.1) is 17.4 Å². The molecule has 1 fully saturated rings. The molecule has 0 spiro atoms. The number of fused-ring (bicyclic) bond motifs is 1. The number of hydrogen-bond donors (Lipinski definition) is 3. The van der Waals surface area contributed by atoms with Crippen molar-refractivity contribution in [1.82, 2.24) is 35.2 Å². The zero-order valence-electron chi connectivity index (χ0n) is 18.0. The molecule has 3 N–H and O–H groups in total. The van der Waals surface area contributed by atoms with Crippen LogP contribution in [0.5, 0.6) is 0 Å². The number of para-hydroxylation sites is 2. The number of carbonyl (C=O) groups excluding carboxylic acids is 2. The van der Waals surface area contributed by atoms with E-state index in [1.807, 2.05) is 48.8 Å². The largest absolute Gasteiger partial charge is 0.337 e. The Kier molecular flexibility index (Phi) is 5.71. The Balaban J connectivity index is 1.15. The molecule has 168 valence electrons. The van der Waals surface area contributed by atoms with Gasteiger partial charge in [-0.25, -0.2) is 9.78 Å². The van der Waals surface area contributed by atoms with Crippen molar-refractivity contribution in [3.05, 3.63) is 71.7 Å². The van der Waals surface area contributed by atoms with E-state index in [4.69, 9.17) is 0 Å². The summed E-state index contributed by atoms with van der Waals surface area (Å²) in [5.74, 6) is -0.0925. The summed E-state index contributed by atoms with van der Waals surface area (Å²) in [7, 11) is 0. The molecule has 0 radical (unpaired) electrons. The van der Waals surface area contributed by atoms with Gasteiger partial charge in [0.2, 0.25) is 0 Å². The summed E-state index contributed by atoms with van der Waals surface area (Å²) in [4.78, 5) is 31.0. The molecular weight excluding hydrogens is 420 g/mol. The average Bonchev–Trinajstić information content (AvgIpc) is 3.60. The Morgan fingerprint density at radius 3 is 2.55 bits per heavy atom. The third kappa shape index (κ3) is 4.54.